The van der Waals surface area contributed by atoms with Gasteiger partial charge in [-0.15, -0.1) is 0 Å². The number of benzene rings is 2. The molecule has 2 atom stereocenters. The zero-order valence-corrected chi connectivity index (χ0v) is 19.9. The highest BCUT2D eigenvalue weighted by atomic mass is 35.5. The topological polar surface area (TPSA) is 66.9 Å². The van der Waals surface area contributed by atoms with Crippen molar-refractivity contribution in [3.8, 4) is 11.3 Å². The van der Waals surface area contributed by atoms with Gasteiger partial charge in [0, 0.05) is 54.8 Å². The summed E-state index contributed by atoms with van der Waals surface area (Å²) in [5.74, 6) is 0.0769. The smallest absolute Gasteiger partial charge is 0.298 e. The summed E-state index contributed by atoms with van der Waals surface area (Å²) in [6.07, 6.45) is 1.78. The van der Waals surface area contributed by atoms with E-state index in [0.29, 0.717) is 63.9 Å². The third-order valence-electron chi connectivity index (χ3n) is 7.27. The van der Waals surface area contributed by atoms with Gasteiger partial charge in [0.05, 0.1) is 11.1 Å². The van der Waals surface area contributed by atoms with Gasteiger partial charge in [-0.05, 0) is 42.5 Å². The number of oxazole rings is 1. The Balaban J connectivity index is 1.16. The number of carbonyl (C=O) groups is 1. The molecule has 5 aromatic rings. The molecule has 1 amide bonds. The van der Waals surface area contributed by atoms with Gasteiger partial charge >= 0.3 is 0 Å². The monoisotopic (exact) mass is 501 g/mol. The van der Waals surface area contributed by atoms with Crippen molar-refractivity contribution in [3.63, 3.8) is 0 Å². The normalized spacial score (nSPS) is 19.5. The highest BCUT2D eigenvalue weighted by Gasteiger charge is 2.44. The van der Waals surface area contributed by atoms with Crippen LogP contribution in [0.15, 0.2) is 71.3 Å². The zero-order chi connectivity index (χ0) is 24.4. The third-order valence-corrected chi connectivity index (χ3v) is 7.50. The number of carbonyl (C=O) groups excluding carboxylic acids is 1. The van der Waals surface area contributed by atoms with Crippen LogP contribution in [0, 0.1) is 17.7 Å². The average molecular weight is 502 g/mol. The Morgan fingerprint density at radius 2 is 1.78 bits per heavy atom. The molecule has 2 fully saturated rings. The molecule has 2 aromatic carbocycles. The summed E-state index contributed by atoms with van der Waals surface area (Å²) in [7, 11) is 0. The van der Waals surface area contributed by atoms with E-state index in [1.54, 1.807) is 41.0 Å². The second kappa shape index (κ2) is 8.06. The van der Waals surface area contributed by atoms with Gasteiger partial charge in [0.2, 0.25) is 0 Å². The van der Waals surface area contributed by atoms with Gasteiger partial charge in [0.1, 0.15) is 17.0 Å². The summed E-state index contributed by atoms with van der Waals surface area (Å²) in [5.41, 5.74) is 3.24. The minimum Gasteiger partial charge on any atom is -0.423 e. The molecule has 7 nitrogen and oxygen atoms in total. The van der Waals surface area contributed by atoms with Gasteiger partial charge in [-0.3, -0.25) is 4.79 Å². The van der Waals surface area contributed by atoms with E-state index in [9.17, 15) is 9.18 Å². The van der Waals surface area contributed by atoms with Crippen LogP contribution in [-0.2, 0) is 0 Å². The van der Waals surface area contributed by atoms with Crippen molar-refractivity contribution in [3.05, 3.63) is 83.3 Å². The number of amides is 1. The van der Waals surface area contributed by atoms with Crippen LogP contribution in [0.3, 0.4) is 0 Å². The van der Waals surface area contributed by atoms with E-state index in [-0.39, 0.29) is 5.91 Å². The SMILES string of the molecule is O=C(c1c(-c2ccccc2F)nn2ccccc12)N1CC2CN(c3nc4cc(Cl)ccc4o3)CC2C1. The zero-order valence-electron chi connectivity index (χ0n) is 19.1. The minimum atomic E-state index is -0.400. The van der Waals surface area contributed by atoms with Crippen molar-refractivity contribution in [1.82, 2.24) is 19.5 Å². The molecule has 0 saturated carbocycles. The first kappa shape index (κ1) is 21.4. The Kier molecular flexibility index (Phi) is 4.79. The molecule has 0 aliphatic carbocycles. The molecule has 9 heteroatoms. The Bertz CT molecular complexity index is 1630. The number of hydrogen-bond donors (Lipinski definition) is 0. The maximum atomic E-state index is 14.7. The lowest BCUT2D eigenvalue weighted by Gasteiger charge is -2.21. The number of nitrogens with zero attached hydrogens (tertiary/aromatic N) is 5. The molecule has 36 heavy (non-hydrogen) atoms. The second-order valence-corrected chi connectivity index (χ2v) is 9.91. The number of pyridine rings is 1. The Hall–Kier alpha value is -3.91. The molecular weight excluding hydrogens is 481 g/mol. The fourth-order valence-corrected chi connectivity index (χ4v) is 5.71. The van der Waals surface area contributed by atoms with Crippen LogP contribution < -0.4 is 4.90 Å². The first-order valence-electron chi connectivity index (χ1n) is 11.9. The number of hydrogen-bond acceptors (Lipinski definition) is 5. The van der Waals surface area contributed by atoms with Crippen molar-refractivity contribution >= 4 is 40.1 Å². The first-order valence-corrected chi connectivity index (χ1v) is 12.3. The van der Waals surface area contributed by atoms with Gasteiger partial charge < -0.3 is 14.2 Å². The number of aromatic nitrogens is 3. The summed E-state index contributed by atoms with van der Waals surface area (Å²) in [4.78, 5) is 22.5. The molecule has 0 N–H and O–H groups in total. The van der Waals surface area contributed by atoms with Crippen LogP contribution in [0.4, 0.5) is 10.4 Å². The number of fused-ring (bicyclic) bond motifs is 3. The van der Waals surface area contributed by atoms with Gasteiger partial charge in [-0.25, -0.2) is 8.91 Å². The van der Waals surface area contributed by atoms with Crippen LogP contribution in [0.5, 0.6) is 0 Å². The van der Waals surface area contributed by atoms with Gasteiger partial charge in [0.25, 0.3) is 11.9 Å². The largest absolute Gasteiger partial charge is 0.423 e. The predicted octanol–water partition coefficient (Wildman–Crippen LogP) is 5.14. The minimum absolute atomic E-state index is 0.119. The molecule has 2 saturated heterocycles. The number of likely N-dealkylation sites (tertiary alicyclic amines) is 1. The van der Waals surface area contributed by atoms with Crippen molar-refractivity contribution in [2.45, 2.75) is 0 Å². The standard InChI is InChI=1S/C27H21ClFN5O2/c28-18-8-9-23-21(11-18)30-27(36-23)33-14-16-12-32(13-17(16)15-33)26(35)24-22-7-3-4-10-34(22)31-25(24)19-5-1-2-6-20(19)29/h1-11,16-17H,12-15H2. The predicted molar refractivity (Wildman–Crippen MR) is 135 cm³/mol. The molecule has 2 aliphatic rings. The lowest BCUT2D eigenvalue weighted by molar-refractivity contribution is 0.0785. The lowest BCUT2D eigenvalue weighted by Crippen LogP contribution is -2.33. The molecule has 7 rings (SSSR count). The Labute approximate surface area is 210 Å². The van der Waals surface area contributed by atoms with E-state index >= 15 is 0 Å². The highest BCUT2D eigenvalue weighted by Crippen LogP contribution is 2.37. The number of anilines is 1. The molecule has 2 unspecified atom stereocenters. The van der Waals surface area contributed by atoms with Crippen LogP contribution in [0.2, 0.25) is 5.02 Å². The Morgan fingerprint density at radius 1 is 1.00 bits per heavy atom. The summed E-state index contributed by atoms with van der Waals surface area (Å²) >= 11 is 6.09. The molecular formula is C27H21ClFN5O2. The summed E-state index contributed by atoms with van der Waals surface area (Å²) in [5, 5.41) is 5.20. The average Bonchev–Trinajstić information content (AvgIpc) is 3.63. The quantitative estimate of drug-likeness (QED) is 0.342. The molecule has 0 bridgehead atoms. The van der Waals surface area contributed by atoms with Crippen LogP contribution in [0.1, 0.15) is 10.4 Å². The van der Waals surface area contributed by atoms with E-state index in [4.69, 9.17) is 16.0 Å². The lowest BCUT2D eigenvalue weighted by atomic mass is 10.0. The molecule has 5 heterocycles. The third kappa shape index (κ3) is 3.36. The van der Waals surface area contributed by atoms with E-state index in [1.807, 2.05) is 29.2 Å². The van der Waals surface area contributed by atoms with Crippen molar-refractivity contribution < 1.29 is 13.6 Å². The number of halogens is 2. The molecule has 180 valence electrons. The maximum Gasteiger partial charge on any atom is 0.298 e. The molecule has 2 aliphatic heterocycles. The van der Waals surface area contributed by atoms with Crippen LogP contribution in [-0.4, -0.2) is 51.6 Å². The van der Waals surface area contributed by atoms with Gasteiger partial charge in [-0.1, -0.05) is 29.8 Å². The molecule has 0 radical (unpaired) electrons. The first-order chi connectivity index (χ1) is 17.5. The molecule has 0 spiro atoms. The van der Waals surface area contributed by atoms with Crippen molar-refractivity contribution in [2.24, 2.45) is 11.8 Å². The van der Waals surface area contributed by atoms with Crippen molar-refractivity contribution in [2.75, 3.05) is 31.1 Å². The fourth-order valence-electron chi connectivity index (χ4n) is 5.55. The Morgan fingerprint density at radius 3 is 2.58 bits per heavy atom. The second-order valence-electron chi connectivity index (χ2n) is 9.48. The molecule has 3 aromatic heterocycles. The van der Waals surface area contributed by atoms with Gasteiger partial charge in [0.15, 0.2) is 5.58 Å². The van der Waals surface area contributed by atoms with Crippen LogP contribution in [0.25, 0.3) is 27.9 Å². The maximum absolute atomic E-state index is 14.7. The summed E-state index contributed by atoms with van der Waals surface area (Å²) in [6.45, 7) is 2.74. The van der Waals surface area contributed by atoms with E-state index in [1.165, 1.54) is 6.07 Å². The van der Waals surface area contributed by atoms with Crippen LogP contribution >= 0.6 is 11.6 Å². The van der Waals surface area contributed by atoms with E-state index in [0.717, 1.165) is 18.6 Å². The van der Waals surface area contributed by atoms with Crippen molar-refractivity contribution in [1.29, 1.82) is 0 Å². The fraction of sp³-hybridized carbons (Fsp3) is 0.222. The van der Waals surface area contributed by atoms with Gasteiger partial charge in [-0.2, -0.15) is 10.1 Å². The number of rotatable bonds is 3. The van der Waals surface area contributed by atoms with E-state index < -0.39 is 5.82 Å². The van der Waals surface area contributed by atoms with E-state index in [2.05, 4.69) is 15.0 Å². The highest BCUT2D eigenvalue weighted by molar-refractivity contribution is 6.31. The summed E-state index contributed by atoms with van der Waals surface area (Å²) in [6, 6.07) is 18.0. The summed E-state index contributed by atoms with van der Waals surface area (Å²) < 4.78 is 22.3.